The van der Waals surface area contributed by atoms with E-state index in [9.17, 15) is 0 Å². The van der Waals surface area contributed by atoms with E-state index in [0.29, 0.717) is 23.4 Å². The Hall–Kier alpha value is -0.870. The highest BCUT2D eigenvalue weighted by Crippen LogP contribution is 2.36. The van der Waals surface area contributed by atoms with Crippen LogP contribution in [-0.4, -0.2) is 28.4 Å². The summed E-state index contributed by atoms with van der Waals surface area (Å²) in [7, 11) is 0. The number of fused-ring (bicyclic) bond motifs is 2. The highest BCUT2D eigenvalue weighted by molar-refractivity contribution is 6.30. The molecular weight excluding hydrogens is 238 g/mol. The number of anilines is 1. The number of ether oxygens (including phenoxy) is 1. The highest BCUT2D eigenvalue weighted by atomic mass is 35.5. The van der Waals surface area contributed by atoms with E-state index < -0.39 is 0 Å². The predicted octanol–water partition coefficient (Wildman–Crippen LogP) is 2.48. The molecule has 3 heterocycles. The Bertz CT molecular complexity index is 452. The van der Waals surface area contributed by atoms with Crippen LogP contribution < -0.4 is 5.32 Å². The van der Waals surface area contributed by atoms with E-state index in [2.05, 4.69) is 15.5 Å². The average molecular weight is 254 g/mol. The van der Waals surface area contributed by atoms with Crippen molar-refractivity contribution >= 4 is 17.4 Å². The van der Waals surface area contributed by atoms with Crippen LogP contribution >= 0.6 is 11.6 Å². The molecule has 0 aromatic carbocycles. The van der Waals surface area contributed by atoms with Gasteiger partial charge in [-0.15, -0.1) is 10.2 Å². The number of rotatable bonds is 2. The zero-order chi connectivity index (χ0) is 12.0. The van der Waals surface area contributed by atoms with E-state index in [0.717, 1.165) is 29.8 Å². The zero-order valence-corrected chi connectivity index (χ0v) is 10.8. The third-order valence-electron chi connectivity index (χ3n) is 3.89. The lowest BCUT2D eigenvalue weighted by atomic mass is 9.95. The molecule has 2 fully saturated rings. The van der Waals surface area contributed by atoms with E-state index >= 15 is 0 Å². The van der Waals surface area contributed by atoms with Crippen LogP contribution in [0.1, 0.15) is 30.4 Å². The van der Waals surface area contributed by atoms with Gasteiger partial charge >= 0.3 is 0 Å². The summed E-state index contributed by atoms with van der Waals surface area (Å²) >= 11 is 5.94. The Kier molecular flexibility index (Phi) is 2.71. The zero-order valence-electron chi connectivity index (χ0n) is 10.0. The fourth-order valence-electron chi connectivity index (χ4n) is 2.68. The SMILES string of the molecule is Cc1c(Cl)nnc(NC2CC3CCC2O3)c1C. The van der Waals surface area contributed by atoms with Gasteiger partial charge in [0.05, 0.1) is 18.2 Å². The Morgan fingerprint density at radius 2 is 2.06 bits per heavy atom. The molecule has 1 N–H and O–H groups in total. The molecule has 0 amide bonds. The second kappa shape index (κ2) is 4.10. The summed E-state index contributed by atoms with van der Waals surface area (Å²) < 4.78 is 5.81. The van der Waals surface area contributed by atoms with Crippen molar-refractivity contribution in [2.24, 2.45) is 0 Å². The molecule has 2 aliphatic rings. The Balaban J connectivity index is 1.79. The summed E-state index contributed by atoms with van der Waals surface area (Å²) in [5.41, 5.74) is 2.07. The minimum Gasteiger partial charge on any atom is -0.373 e. The van der Waals surface area contributed by atoms with Crippen LogP contribution in [0.3, 0.4) is 0 Å². The maximum absolute atomic E-state index is 5.94. The molecular formula is C12H16ClN3O. The third-order valence-corrected chi connectivity index (χ3v) is 4.25. The van der Waals surface area contributed by atoms with Gasteiger partial charge in [0, 0.05) is 0 Å². The topological polar surface area (TPSA) is 47.0 Å². The van der Waals surface area contributed by atoms with Gasteiger partial charge in [-0.3, -0.25) is 0 Å². The molecule has 0 spiro atoms. The second-order valence-electron chi connectivity index (χ2n) is 4.95. The molecule has 5 heteroatoms. The van der Waals surface area contributed by atoms with Gasteiger partial charge in [-0.2, -0.15) is 0 Å². The summed E-state index contributed by atoms with van der Waals surface area (Å²) in [4.78, 5) is 0. The number of nitrogens with zero attached hydrogens (tertiary/aromatic N) is 2. The lowest BCUT2D eigenvalue weighted by Crippen LogP contribution is -2.31. The van der Waals surface area contributed by atoms with Crippen molar-refractivity contribution in [2.75, 3.05) is 5.32 Å². The standard InChI is InChI=1S/C12H16ClN3O/c1-6-7(2)12(16-15-11(6)13)14-9-5-8-3-4-10(9)17-8/h8-10H,3-5H2,1-2H3,(H,14,16). The number of nitrogens with one attached hydrogen (secondary N) is 1. The van der Waals surface area contributed by atoms with Gasteiger partial charge in [-0.25, -0.2) is 0 Å². The second-order valence-corrected chi connectivity index (χ2v) is 5.31. The van der Waals surface area contributed by atoms with Crippen molar-refractivity contribution in [3.05, 3.63) is 16.3 Å². The van der Waals surface area contributed by atoms with Gasteiger partial charge in [-0.1, -0.05) is 11.6 Å². The Labute approximate surface area is 106 Å². The van der Waals surface area contributed by atoms with Gasteiger partial charge < -0.3 is 10.1 Å². The highest BCUT2D eigenvalue weighted by Gasteiger charge is 2.41. The summed E-state index contributed by atoms with van der Waals surface area (Å²) in [6.07, 6.45) is 4.22. The van der Waals surface area contributed by atoms with Crippen molar-refractivity contribution in [2.45, 2.75) is 51.4 Å². The number of halogens is 1. The Morgan fingerprint density at radius 3 is 2.71 bits per heavy atom. The fraction of sp³-hybridized carbons (Fsp3) is 0.667. The van der Waals surface area contributed by atoms with Crippen molar-refractivity contribution in [1.29, 1.82) is 0 Å². The van der Waals surface area contributed by atoms with Crippen LogP contribution in [0.25, 0.3) is 0 Å². The smallest absolute Gasteiger partial charge is 0.155 e. The van der Waals surface area contributed by atoms with E-state index in [1.165, 1.54) is 6.42 Å². The van der Waals surface area contributed by atoms with Crippen LogP contribution in [0.15, 0.2) is 0 Å². The van der Waals surface area contributed by atoms with Gasteiger partial charge in [0.15, 0.2) is 11.0 Å². The molecule has 17 heavy (non-hydrogen) atoms. The summed E-state index contributed by atoms with van der Waals surface area (Å²) in [6, 6.07) is 0.377. The van der Waals surface area contributed by atoms with E-state index in [4.69, 9.17) is 16.3 Å². The summed E-state index contributed by atoms with van der Waals surface area (Å²) in [6.45, 7) is 3.99. The normalized spacial score (nSPS) is 30.9. The van der Waals surface area contributed by atoms with Crippen LogP contribution in [-0.2, 0) is 4.74 Å². The van der Waals surface area contributed by atoms with Crippen LogP contribution in [0, 0.1) is 13.8 Å². The number of aromatic nitrogens is 2. The van der Waals surface area contributed by atoms with Crippen LogP contribution in [0.2, 0.25) is 5.15 Å². The number of hydrogen-bond donors (Lipinski definition) is 1. The molecule has 2 bridgehead atoms. The van der Waals surface area contributed by atoms with Gasteiger partial charge in [0.2, 0.25) is 0 Å². The molecule has 2 saturated heterocycles. The molecule has 1 aromatic heterocycles. The molecule has 92 valence electrons. The molecule has 0 radical (unpaired) electrons. The van der Waals surface area contributed by atoms with Crippen molar-refractivity contribution < 1.29 is 4.74 Å². The lowest BCUT2D eigenvalue weighted by molar-refractivity contribution is 0.102. The van der Waals surface area contributed by atoms with Crippen LogP contribution in [0.5, 0.6) is 0 Å². The minimum atomic E-state index is 0.345. The lowest BCUT2D eigenvalue weighted by Gasteiger charge is -2.21. The van der Waals surface area contributed by atoms with Gasteiger partial charge in [-0.05, 0) is 44.2 Å². The number of hydrogen-bond acceptors (Lipinski definition) is 4. The van der Waals surface area contributed by atoms with E-state index in [1.807, 2.05) is 13.8 Å². The molecule has 2 aliphatic heterocycles. The molecule has 3 rings (SSSR count). The first-order valence-corrected chi connectivity index (χ1v) is 6.44. The molecule has 0 aliphatic carbocycles. The Morgan fingerprint density at radius 1 is 1.24 bits per heavy atom. The molecule has 4 nitrogen and oxygen atoms in total. The molecule has 3 atom stereocenters. The maximum atomic E-state index is 5.94. The first-order chi connectivity index (χ1) is 8.15. The minimum absolute atomic E-state index is 0.345. The quantitative estimate of drug-likeness (QED) is 0.880. The first kappa shape index (κ1) is 11.2. The van der Waals surface area contributed by atoms with Gasteiger partial charge in [0.25, 0.3) is 0 Å². The molecule has 3 unspecified atom stereocenters. The maximum Gasteiger partial charge on any atom is 0.155 e. The van der Waals surface area contributed by atoms with Crippen molar-refractivity contribution in [1.82, 2.24) is 10.2 Å². The molecule has 1 aromatic rings. The van der Waals surface area contributed by atoms with Crippen LogP contribution in [0.4, 0.5) is 5.82 Å². The molecule has 0 saturated carbocycles. The van der Waals surface area contributed by atoms with Crippen molar-refractivity contribution in [3.63, 3.8) is 0 Å². The summed E-state index contributed by atoms with van der Waals surface area (Å²) in [5, 5.41) is 12.0. The summed E-state index contributed by atoms with van der Waals surface area (Å²) in [5.74, 6) is 0.841. The average Bonchev–Trinajstić information content (AvgIpc) is 2.92. The van der Waals surface area contributed by atoms with E-state index in [1.54, 1.807) is 0 Å². The monoisotopic (exact) mass is 253 g/mol. The van der Waals surface area contributed by atoms with Gasteiger partial charge in [0.1, 0.15) is 0 Å². The van der Waals surface area contributed by atoms with Crippen molar-refractivity contribution in [3.8, 4) is 0 Å². The first-order valence-electron chi connectivity index (χ1n) is 6.06. The third kappa shape index (κ3) is 1.89. The fourth-order valence-corrected chi connectivity index (χ4v) is 2.86. The largest absolute Gasteiger partial charge is 0.373 e. The predicted molar refractivity (Wildman–Crippen MR) is 66.4 cm³/mol. The van der Waals surface area contributed by atoms with E-state index in [-0.39, 0.29) is 0 Å².